The van der Waals surface area contributed by atoms with Gasteiger partial charge in [-0.2, -0.15) is 0 Å². The van der Waals surface area contributed by atoms with E-state index in [1.165, 1.54) is 6.92 Å². The Hall–Kier alpha value is -3.73. The molecule has 1 aliphatic heterocycles. The number of aromatic nitrogens is 1. The Morgan fingerprint density at radius 3 is 2.43 bits per heavy atom. The van der Waals surface area contributed by atoms with E-state index in [1.54, 1.807) is 22.2 Å². The number of hydrogen-bond donors (Lipinski definition) is 0. The molecule has 5 heteroatoms. The second-order valence-corrected chi connectivity index (χ2v) is 7.24. The lowest BCUT2D eigenvalue weighted by atomic mass is 9.93. The summed E-state index contributed by atoms with van der Waals surface area (Å²) in [6, 6.07) is 22.9. The van der Waals surface area contributed by atoms with Gasteiger partial charge >= 0.3 is 0 Å². The molecule has 0 radical (unpaired) electrons. The molecule has 3 aromatic rings. The number of carbonyl (C=O) groups is 2. The smallest absolute Gasteiger partial charge is 0.230 e. The van der Waals surface area contributed by atoms with E-state index in [9.17, 15) is 9.59 Å². The zero-order valence-corrected chi connectivity index (χ0v) is 16.8. The quantitative estimate of drug-likeness (QED) is 0.633. The maximum absolute atomic E-state index is 13.5. The van der Waals surface area contributed by atoms with Gasteiger partial charge < -0.3 is 4.90 Å². The molecule has 0 saturated carbocycles. The number of rotatable bonds is 5. The van der Waals surface area contributed by atoms with E-state index < -0.39 is 0 Å². The largest absolute Gasteiger partial charge is 0.311 e. The fraction of sp³-hybridized carbons (Fsp3) is 0.160. The van der Waals surface area contributed by atoms with Crippen LogP contribution in [0.2, 0.25) is 0 Å². The summed E-state index contributed by atoms with van der Waals surface area (Å²) in [5.41, 5.74) is 3.02. The van der Waals surface area contributed by atoms with Gasteiger partial charge in [-0.05, 0) is 34.9 Å². The molecule has 0 N–H and O–H groups in total. The van der Waals surface area contributed by atoms with Crippen LogP contribution in [0, 0.1) is 0 Å². The van der Waals surface area contributed by atoms with E-state index in [-0.39, 0.29) is 24.3 Å². The molecule has 1 aromatic heterocycles. The van der Waals surface area contributed by atoms with Gasteiger partial charge in [-0.3, -0.25) is 14.5 Å². The number of benzene rings is 2. The average Bonchev–Trinajstić information content (AvgIpc) is 2.78. The lowest BCUT2D eigenvalue weighted by Gasteiger charge is -2.33. The number of pyridine rings is 1. The Kier molecular flexibility index (Phi) is 5.70. The summed E-state index contributed by atoms with van der Waals surface area (Å²) in [5, 5.41) is 0. The first-order chi connectivity index (χ1) is 14.6. The summed E-state index contributed by atoms with van der Waals surface area (Å²) >= 11 is 0. The van der Waals surface area contributed by atoms with E-state index in [4.69, 9.17) is 0 Å². The monoisotopic (exact) mass is 397 g/mol. The fourth-order valence-electron chi connectivity index (χ4n) is 3.77. The number of fused-ring (bicyclic) bond motifs is 1. The van der Waals surface area contributed by atoms with E-state index in [2.05, 4.69) is 4.98 Å². The summed E-state index contributed by atoms with van der Waals surface area (Å²) in [4.78, 5) is 33.5. The van der Waals surface area contributed by atoms with Crippen molar-refractivity contribution in [3.05, 3.63) is 102 Å². The second kappa shape index (κ2) is 8.74. The van der Waals surface area contributed by atoms with Crippen molar-refractivity contribution in [2.45, 2.75) is 25.9 Å². The van der Waals surface area contributed by atoms with Crippen LogP contribution in [0.1, 0.15) is 36.1 Å². The first-order valence-corrected chi connectivity index (χ1v) is 9.95. The van der Waals surface area contributed by atoms with Crippen molar-refractivity contribution < 1.29 is 9.59 Å². The molecule has 0 saturated heterocycles. The Bertz CT molecular complexity index is 1060. The SMILES string of the molecule is CC(=O)N1C=Cc2ccccc2[C@@H]1CC(=O)N(Cc1ccccc1)c1ccccn1. The molecule has 4 rings (SSSR count). The maximum atomic E-state index is 13.5. The Labute approximate surface area is 176 Å². The molecule has 2 aromatic carbocycles. The molecule has 30 heavy (non-hydrogen) atoms. The summed E-state index contributed by atoms with van der Waals surface area (Å²) in [6.07, 6.45) is 5.54. The van der Waals surface area contributed by atoms with Crippen LogP contribution in [0.15, 0.2) is 85.2 Å². The zero-order valence-electron chi connectivity index (χ0n) is 16.8. The number of nitrogens with zero attached hydrogens (tertiary/aromatic N) is 3. The summed E-state index contributed by atoms with van der Waals surface area (Å²) in [6.45, 7) is 1.94. The van der Waals surface area contributed by atoms with Crippen LogP contribution in [0.25, 0.3) is 6.08 Å². The van der Waals surface area contributed by atoms with Gasteiger partial charge in [0, 0.05) is 19.3 Å². The molecule has 0 aliphatic carbocycles. The van der Waals surface area contributed by atoms with Crippen LogP contribution >= 0.6 is 0 Å². The van der Waals surface area contributed by atoms with Crippen LogP contribution in [0.3, 0.4) is 0 Å². The van der Waals surface area contributed by atoms with Gasteiger partial charge in [0.2, 0.25) is 11.8 Å². The average molecular weight is 397 g/mol. The molecule has 0 spiro atoms. The van der Waals surface area contributed by atoms with Gasteiger partial charge in [0.05, 0.1) is 19.0 Å². The third kappa shape index (κ3) is 4.15. The molecular formula is C25H23N3O2. The summed E-state index contributed by atoms with van der Waals surface area (Å²) < 4.78 is 0. The number of carbonyl (C=O) groups excluding carboxylic acids is 2. The molecule has 2 amide bonds. The number of amides is 2. The Morgan fingerprint density at radius 2 is 1.70 bits per heavy atom. The molecule has 2 heterocycles. The zero-order chi connectivity index (χ0) is 20.9. The number of hydrogen-bond acceptors (Lipinski definition) is 3. The molecule has 0 bridgehead atoms. The maximum Gasteiger partial charge on any atom is 0.230 e. The topological polar surface area (TPSA) is 53.5 Å². The van der Waals surface area contributed by atoms with Crippen molar-refractivity contribution in [2.75, 3.05) is 4.90 Å². The molecule has 0 unspecified atom stereocenters. The minimum absolute atomic E-state index is 0.0843. The van der Waals surface area contributed by atoms with Crippen molar-refractivity contribution in [1.82, 2.24) is 9.88 Å². The first kappa shape index (κ1) is 19.6. The van der Waals surface area contributed by atoms with E-state index in [1.807, 2.05) is 78.9 Å². The lowest BCUT2D eigenvalue weighted by Crippen LogP contribution is -2.37. The fourth-order valence-corrected chi connectivity index (χ4v) is 3.77. The van der Waals surface area contributed by atoms with E-state index in [0.29, 0.717) is 12.4 Å². The van der Waals surface area contributed by atoms with Crippen molar-refractivity contribution in [3.8, 4) is 0 Å². The second-order valence-electron chi connectivity index (χ2n) is 7.24. The van der Waals surface area contributed by atoms with Gasteiger partial charge in [-0.15, -0.1) is 0 Å². The lowest BCUT2D eigenvalue weighted by molar-refractivity contribution is -0.129. The molecule has 1 aliphatic rings. The normalized spacial score (nSPS) is 14.8. The standard InChI is InChI=1S/C25H23N3O2/c1-19(29)27-16-14-21-11-5-6-12-22(21)23(27)17-25(30)28(24-13-7-8-15-26-24)18-20-9-3-2-4-10-20/h2-16,23H,17-18H2,1H3/t23-/m0/s1. The van der Waals surface area contributed by atoms with Gasteiger partial charge in [0.1, 0.15) is 5.82 Å². The van der Waals surface area contributed by atoms with Gasteiger partial charge in [0.15, 0.2) is 0 Å². The van der Waals surface area contributed by atoms with Crippen molar-refractivity contribution in [3.63, 3.8) is 0 Å². The van der Waals surface area contributed by atoms with Crippen molar-refractivity contribution in [2.24, 2.45) is 0 Å². The van der Waals surface area contributed by atoms with Crippen LogP contribution < -0.4 is 4.90 Å². The highest BCUT2D eigenvalue weighted by Gasteiger charge is 2.30. The van der Waals surface area contributed by atoms with Gasteiger partial charge in [-0.25, -0.2) is 4.98 Å². The van der Waals surface area contributed by atoms with E-state index in [0.717, 1.165) is 16.7 Å². The number of anilines is 1. The van der Waals surface area contributed by atoms with Crippen LogP contribution in [-0.4, -0.2) is 21.7 Å². The molecule has 1 atom stereocenters. The third-order valence-corrected chi connectivity index (χ3v) is 5.25. The third-order valence-electron chi connectivity index (χ3n) is 5.25. The van der Waals surface area contributed by atoms with Crippen LogP contribution in [0.5, 0.6) is 0 Å². The minimum Gasteiger partial charge on any atom is -0.311 e. The highest BCUT2D eigenvalue weighted by atomic mass is 16.2. The summed E-state index contributed by atoms with van der Waals surface area (Å²) in [7, 11) is 0. The first-order valence-electron chi connectivity index (χ1n) is 9.95. The minimum atomic E-state index is -0.349. The Balaban J connectivity index is 1.66. The van der Waals surface area contributed by atoms with Crippen LogP contribution in [0.4, 0.5) is 5.82 Å². The predicted molar refractivity (Wildman–Crippen MR) is 117 cm³/mol. The molecule has 0 fully saturated rings. The summed E-state index contributed by atoms with van der Waals surface area (Å²) in [5.74, 6) is 0.422. The van der Waals surface area contributed by atoms with E-state index >= 15 is 0 Å². The molecular weight excluding hydrogens is 374 g/mol. The molecule has 150 valence electrons. The van der Waals surface area contributed by atoms with Crippen LogP contribution in [-0.2, 0) is 16.1 Å². The van der Waals surface area contributed by atoms with Gasteiger partial charge in [0.25, 0.3) is 0 Å². The predicted octanol–water partition coefficient (Wildman–Crippen LogP) is 4.58. The molecule has 5 nitrogen and oxygen atoms in total. The van der Waals surface area contributed by atoms with Crippen molar-refractivity contribution in [1.29, 1.82) is 0 Å². The van der Waals surface area contributed by atoms with Crippen molar-refractivity contribution >= 4 is 23.7 Å². The van der Waals surface area contributed by atoms with Gasteiger partial charge in [-0.1, -0.05) is 60.7 Å². The highest BCUT2D eigenvalue weighted by molar-refractivity contribution is 5.93. The Morgan fingerprint density at radius 1 is 0.967 bits per heavy atom. The highest BCUT2D eigenvalue weighted by Crippen LogP contribution is 2.34.